The lowest BCUT2D eigenvalue weighted by molar-refractivity contribution is -0.154. The van der Waals surface area contributed by atoms with E-state index in [1.54, 1.807) is 23.1 Å². The van der Waals surface area contributed by atoms with Crippen LogP contribution in [-0.2, 0) is 20.8 Å². The molecule has 15 nitrogen and oxygen atoms in total. The highest BCUT2D eigenvalue weighted by molar-refractivity contribution is 6.32. The highest BCUT2D eigenvalue weighted by atomic mass is 35.5. The van der Waals surface area contributed by atoms with Gasteiger partial charge in [0.1, 0.15) is 29.5 Å². The number of carbonyl (C=O) groups is 1. The smallest absolute Gasteiger partial charge is 0.303 e. The van der Waals surface area contributed by atoms with Crippen LogP contribution in [-0.4, -0.2) is 100 Å². The number of morpholine rings is 1. The van der Waals surface area contributed by atoms with Crippen molar-refractivity contribution < 1.29 is 23.7 Å². The highest BCUT2D eigenvalue weighted by Crippen LogP contribution is 2.36. The van der Waals surface area contributed by atoms with Gasteiger partial charge in [-0.15, -0.1) is 10.2 Å². The van der Waals surface area contributed by atoms with E-state index in [4.69, 9.17) is 35.6 Å². The van der Waals surface area contributed by atoms with Crippen LogP contribution in [0.5, 0.6) is 11.6 Å². The van der Waals surface area contributed by atoms with Gasteiger partial charge in [0, 0.05) is 50.4 Å². The van der Waals surface area contributed by atoms with Gasteiger partial charge < -0.3 is 24.3 Å². The molecule has 0 unspecified atom stereocenters. The second-order valence-electron chi connectivity index (χ2n) is 14.5. The summed E-state index contributed by atoms with van der Waals surface area (Å²) in [7, 11) is 0. The van der Waals surface area contributed by atoms with Crippen molar-refractivity contribution in [2.24, 2.45) is 0 Å². The predicted octanol–water partition coefficient (Wildman–Crippen LogP) is 5.89. The number of esters is 1. The number of hydrogen-bond donors (Lipinski definition) is 1. The van der Waals surface area contributed by atoms with Crippen LogP contribution >= 0.6 is 11.6 Å². The minimum atomic E-state index is -0.673. The Hall–Kier alpha value is -4.34. The number of carbonyl (C=O) groups excluding carboxylic acids is 1. The van der Waals surface area contributed by atoms with Crippen LogP contribution < -0.4 is 14.8 Å². The number of rotatable bonds is 14. The van der Waals surface area contributed by atoms with Gasteiger partial charge in [-0.25, -0.2) is 14.6 Å². The molecule has 0 radical (unpaired) electrons. The first-order valence-electron chi connectivity index (χ1n) is 18.0. The summed E-state index contributed by atoms with van der Waals surface area (Å²) in [5.74, 6) is 1.05. The Morgan fingerprint density at radius 3 is 2.46 bits per heavy atom. The number of hydrogen-bond acceptors (Lipinski definition) is 13. The fraction of sp³-hybridized carbons (Fsp3) is 0.583. The van der Waals surface area contributed by atoms with E-state index >= 15 is 0 Å². The van der Waals surface area contributed by atoms with Crippen LogP contribution in [0, 0.1) is 0 Å². The molecule has 1 saturated heterocycles. The molecule has 4 aromatic rings. The third-order valence-corrected chi connectivity index (χ3v) is 9.70. The maximum absolute atomic E-state index is 11.6. The Kier molecular flexibility index (Phi) is 11.9. The van der Waals surface area contributed by atoms with E-state index in [1.807, 2.05) is 43.8 Å². The molecule has 1 aliphatic heterocycles. The summed E-state index contributed by atoms with van der Waals surface area (Å²) in [5, 5.41) is 19.9. The lowest BCUT2D eigenvalue weighted by atomic mass is 9.89. The van der Waals surface area contributed by atoms with Crippen LogP contribution in [0.2, 0.25) is 5.02 Å². The molecule has 0 amide bonds. The van der Waals surface area contributed by atoms with Crippen LogP contribution in [0.1, 0.15) is 79.7 Å². The molecule has 0 spiro atoms. The zero-order chi connectivity index (χ0) is 36.8. The summed E-state index contributed by atoms with van der Waals surface area (Å²) in [6.45, 7) is 14.1. The number of anilines is 2. The average Bonchev–Trinajstić information content (AvgIpc) is 3.75. The molecule has 52 heavy (non-hydrogen) atoms. The van der Waals surface area contributed by atoms with E-state index < -0.39 is 5.60 Å². The molecule has 2 fully saturated rings. The van der Waals surface area contributed by atoms with Gasteiger partial charge in [-0.3, -0.25) is 14.4 Å². The Bertz CT molecular complexity index is 1750. The number of halogens is 1. The van der Waals surface area contributed by atoms with Crippen LogP contribution in [0.4, 0.5) is 11.6 Å². The second-order valence-corrected chi connectivity index (χ2v) is 14.9. The molecule has 280 valence electrons. The molecule has 1 N–H and O–H groups in total. The van der Waals surface area contributed by atoms with E-state index in [1.165, 1.54) is 13.3 Å². The third kappa shape index (κ3) is 9.95. The topological polar surface area (TPSA) is 156 Å². The molecule has 6 rings (SSSR count). The molecule has 1 aliphatic carbocycles. The summed E-state index contributed by atoms with van der Waals surface area (Å²) in [6.07, 6.45) is 12.0. The molecule has 1 aromatic carbocycles. The van der Waals surface area contributed by atoms with Gasteiger partial charge in [-0.2, -0.15) is 0 Å². The van der Waals surface area contributed by atoms with Crippen molar-refractivity contribution in [3.05, 3.63) is 48.1 Å². The Morgan fingerprint density at radius 1 is 1.08 bits per heavy atom. The molecule has 0 bridgehead atoms. The van der Waals surface area contributed by atoms with E-state index in [2.05, 4.69) is 49.6 Å². The van der Waals surface area contributed by atoms with Crippen molar-refractivity contribution in [2.75, 3.05) is 25.0 Å². The zero-order valence-corrected chi connectivity index (χ0v) is 31.5. The number of benzene rings is 1. The summed E-state index contributed by atoms with van der Waals surface area (Å²) in [6, 6.07) is 6.34. The number of nitrogens with one attached hydrogen (secondary N) is 1. The number of nitrogens with zero attached hydrogens (tertiary/aromatic N) is 9. The molecule has 3 atom stereocenters. The minimum absolute atomic E-state index is 0.225. The van der Waals surface area contributed by atoms with Gasteiger partial charge in [-0.05, 0) is 88.4 Å². The standard InChI is InChI=1S/C36H49ClN10O5/c1-23-18-45(19-24(2)50-23)29-8-10-30(11-9-29)47-21-32(34(42-47)49-14-13-36(5,6)52-26(4)48)41-35-38-16-28(17-39-35)27-7-12-31(37)33(15-27)51-25(3)20-46-22-40-43-44-46/h7,12,15-17,21-25,29-30H,8-11,13-14,18-20H2,1-6H3,(H,38,39,41)/t23-,24+,25-,29-,30-/m0/s1. The van der Waals surface area contributed by atoms with E-state index in [9.17, 15) is 4.79 Å². The van der Waals surface area contributed by atoms with Crippen LogP contribution in [0.25, 0.3) is 11.1 Å². The average molecular weight is 737 g/mol. The van der Waals surface area contributed by atoms with Crippen molar-refractivity contribution in [3.8, 4) is 22.8 Å². The molecule has 1 saturated carbocycles. The fourth-order valence-corrected chi connectivity index (χ4v) is 7.17. The van der Waals surface area contributed by atoms with Gasteiger partial charge in [0.2, 0.25) is 5.95 Å². The van der Waals surface area contributed by atoms with Gasteiger partial charge in [0.05, 0.1) is 42.6 Å². The Morgan fingerprint density at radius 2 is 1.79 bits per heavy atom. The molecule has 4 heterocycles. The first kappa shape index (κ1) is 37.4. The SMILES string of the molecule is CC(=O)OC(C)(C)CCOc1nn([C@H]2CC[C@H](N3C[C@@H](C)O[C@@H](C)C3)CC2)cc1Nc1ncc(-c2ccc(Cl)c(O[C@@H](C)Cn3cnnn3)c2)cn1. The second kappa shape index (κ2) is 16.6. The lowest BCUT2D eigenvalue weighted by Crippen LogP contribution is -2.51. The van der Waals surface area contributed by atoms with Gasteiger partial charge in [-0.1, -0.05) is 17.7 Å². The van der Waals surface area contributed by atoms with E-state index in [0.717, 1.165) is 49.9 Å². The van der Waals surface area contributed by atoms with Crippen molar-refractivity contribution >= 4 is 29.2 Å². The number of tetrazole rings is 1. The minimum Gasteiger partial charge on any atom is -0.487 e. The van der Waals surface area contributed by atoms with Crippen molar-refractivity contribution in [1.29, 1.82) is 0 Å². The predicted molar refractivity (Wildman–Crippen MR) is 195 cm³/mol. The van der Waals surface area contributed by atoms with Crippen molar-refractivity contribution in [2.45, 2.75) is 116 Å². The van der Waals surface area contributed by atoms with Gasteiger partial charge in [0.25, 0.3) is 5.88 Å². The summed E-state index contributed by atoms with van der Waals surface area (Å²) < 4.78 is 27.4. The van der Waals surface area contributed by atoms with Crippen LogP contribution in [0.3, 0.4) is 0 Å². The normalized spacial score (nSPS) is 21.8. The maximum atomic E-state index is 11.6. The van der Waals surface area contributed by atoms with Crippen LogP contribution in [0.15, 0.2) is 43.1 Å². The summed E-state index contributed by atoms with van der Waals surface area (Å²) in [4.78, 5) is 23.4. The first-order chi connectivity index (χ1) is 24.9. The number of ether oxygens (including phenoxy) is 4. The van der Waals surface area contributed by atoms with Gasteiger partial charge in [0.15, 0.2) is 0 Å². The largest absolute Gasteiger partial charge is 0.487 e. The lowest BCUT2D eigenvalue weighted by Gasteiger charge is -2.42. The summed E-state index contributed by atoms with van der Waals surface area (Å²) in [5.41, 5.74) is 1.63. The van der Waals surface area contributed by atoms with Crippen molar-refractivity contribution in [1.82, 2.24) is 44.9 Å². The molecular formula is C36H49ClN10O5. The highest BCUT2D eigenvalue weighted by Gasteiger charge is 2.32. The van der Waals surface area contributed by atoms with E-state index in [0.29, 0.717) is 53.9 Å². The molecule has 2 aliphatic rings. The first-order valence-corrected chi connectivity index (χ1v) is 18.4. The van der Waals surface area contributed by atoms with Gasteiger partial charge >= 0.3 is 5.97 Å². The molecular weight excluding hydrogens is 688 g/mol. The molecule has 16 heteroatoms. The van der Waals surface area contributed by atoms with E-state index in [-0.39, 0.29) is 30.3 Å². The zero-order valence-electron chi connectivity index (χ0n) is 30.7. The monoisotopic (exact) mass is 736 g/mol. The third-order valence-electron chi connectivity index (χ3n) is 9.39. The number of aromatic nitrogens is 8. The summed E-state index contributed by atoms with van der Waals surface area (Å²) >= 11 is 6.47. The Balaban J connectivity index is 1.14. The fourth-order valence-electron chi connectivity index (χ4n) is 7.01. The maximum Gasteiger partial charge on any atom is 0.303 e. The molecule has 3 aromatic heterocycles. The quantitative estimate of drug-likeness (QED) is 0.153. The van der Waals surface area contributed by atoms with Crippen molar-refractivity contribution in [3.63, 3.8) is 0 Å². The Labute approximate surface area is 309 Å².